The molecule has 0 saturated carbocycles. The monoisotopic (exact) mass is 462 g/mol. The van der Waals surface area contributed by atoms with Gasteiger partial charge in [-0.1, -0.05) is 12.1 Å². The van der Waals surface area contributed by atoms with Crippen LogP contribution in [0.1, 0.15) is 21.9 Å². The van der Waals surface area contributed by atoms with Crippen molar-refractivity contribution in [3.05, 3.63) is 81.7 Å². The molecule has 0 aliphatic rings. The third-order valence-electron chi connectivity index (χ3n) is 3.42. The van der Waals surface area contributed by atoms with E-state index in [1.807, 2.05) is 18.2 Å². The van der Waals surface area contributed by atoms with Gasteiger partial charge in [-0.05, 0) is 70.6 Å². The lowest BCUT2D eigenvalue weighted by Crippen LogP contribution is -2.20. The van der Waals surface area contributed by atoms with Gasteiger partial charge in [0.2, 0.25) is 5.91 Å². The lowest BCUT2D eigenvalue weighted by Gasteiger charge is -2.06. The highest BCUT2D eigenvalue weighted by Gasteiger charge is 2.08. The second kappa shape index (κ2) is 8.52. The number of nitrogens with one attached hydrogen (secondary N) is 2. The van der Waals surface area contributed by atoms with E-state index >= 15 is 0 Å². The van der Waals surface area contributed by atoms with Crippen LogP contribution in [0, 0.1) is 3.77 Å². The van der Waals surface area contributed by atoms with E-state index in [0.717, 1.165) is 9.33 Å². The van der Waals surface area contributed by atoms with Crippen LogP contribution in [0.4, 0.5) is 5.69 Å². The van der Waals surface area contributed by atoms with Crippen molar-refractivity contribution in [1.82, 2.24) is 5.32 Å². The Balaban J connectivity index is 1.48. The average Bonchev–Trinajstić information content (AvgIpc) is 3.31. The van der Waals surface area contributed by atoms with Crippen molar-refractivity contribution in [1.29, 1.82) is 0 Å². The van der Waals surface area contributed by atoms with Gasteiger partial charge in [0.15, 0.2) is 9.53 Å². The summed E-state index contributed by atoms with van der Waals surface area (Å²) in [7, 11) is 0. The minimum Gasteiger partial charge on any atom is -0.459 e. The van der Waals surface area contributed by atoms with Gasteiger partial charge in [-0.2, -0.15) is 0 Å². The summed E-state index contributed by atoms with van der Waals surface area (Å²) in [4.78, 5) is 23.7. The van der Waals surface area contributed by atoms with Crippen molar-refractivity contribution in [2.75, 3.05) is 5.32 Å². The molecule has 0 fully saturated rings. The Bertz CT molecular complexity index is 911. The highest BCUT2D eigenvalue weighted by atomic mass is 127. The molecule has 2 N–H and O–H groups in total. The SMILES string of the molecule is O=C(/C=C/c1ccc(I)o1)NCc1ccc(NC(=O)c2ccco2)cc1. The lowest BCUT2D eigenvalue weighted by atomic mass is 10.2. The topological polar surface area (TPSA) is 84.5 Å². The molecule has 26 heavy (non-hydrogen) atoms. The first kappa shape index (κ1) is 18.0. The molecular weight excluding hydrogens is 447 g/mol. The first-order valence-corrected chi connectivity index (χ1v) is 8.83. The van der Waals surface area contributed by atoms with Crippen LogP contribution in [-0.2, 0) is 11.3 Å². The number of carbonyl (C=O) groups excluding carboxylic acids is 2. The molecule has 0 spiro atoms. The third kappa shape index (κ3) is 5.09. The summed E-state index contributed by atoms with van der Waals surface area (Å²) in [6.07, 6.45) is 4.49. The number of hydrogen-bond donors (Lipinski definition) is 2. The Labute approximate surface area is 163 Å². The van der Waals surface area contributed by atoms with E-state index in [1.165, 1.54) is 12.3 Å². The minimum absolute atomic E-state index is 0.216. The van der Waals surface area contributed by atoms with Crippen molar-refractivity contribution in [3.8, 4) is 0 Å². The lowest BCUT2D eigenvalue weighted by molar-refractivity contribution is -0.116. The van der Waals surface area contributed by atoms with Crippen LogP contribution in [-0.4, -0.2) is 11.8 Å². The second-order valence-electron chi connectivity index (χ2n) is 5.32. The Morgan fingerprint density at radius 1 is 1.08 bits per heavy atom. The van der Waals surface area contributed by atoms with E-state index in [9.17, 15) is 9.59 Å². The van der Waals surface area contributed by atoms with E-state index in [1.54, 1.807) is 36.4 Å². The van der Waals surface area contributed by atoms with E-state index in [0.29, 0.717) is 18.0 Å². The smallest absolute Gasteiger partial charge is 0.291 e. The predicted octanol–water partition coefficient (Wildman–Crippen LogP) is 4.06. The van der Waals surface area contributed by atoms with Crippen LogP contribution in [0.25, 0.3) is 6.08 Å². The largest absolute Gasteiger partial charge is 0.459 e. The predicted molar refractivity (Wildman–Crippen MR) is 105 cm³/mol. The summed E-state index contributed by atoms with van der Waals surface area (Å²) in [5.74, 6) is 0.348. The fourth-order valence-electron chi connectivity index (χ4n) is 2.13. The highest BCUT2D eigenvalue weighted by molar-refractivity contribution is 14.1. The summed E-state index contributed by atoms with van der Waals surface area (Å²) in [5, 5.41) is 5.52. The van der Waals surface area contributed by atoms with Gasteiger partial charge in [0.1, 0.15) is 5.76 Å². The number of anilines is 1. The van der Waals surface area contributed by atoms with Crippen LogP contribution in [0.2, 0.25) is 0 Å². The van der Waals surface area contributed by atoms with E-state index in [4.69, 9.17) is 8.83 Å². The zero-order valence-electron chi connectivity index (χ0n) is 13.6. The van der Waals surface area contributed by atoms with Gasteiger partial charge < -0.3 is 19.5 Å². The first-order chi connectivity index (χ1) is 12.6. The molecule has 2 aromatic heterocycles. The summed E-state index contributed by atoms with van der Waals surface area (Å²) in [5.41, 5.74) is 1.56. The highest BCUT2D eigenvalue weighted by Crippen LogP contribution is 2.13. The Hall–Kier alpha value is -2.81. The molecule has 3 rings (SSSR count). The van der Waals surface area contributed by atoms with Crippen molar-refractivity contribution in [3.63, 3.8) is 0 Å². The van der Waals surface area contributed by atoms with Crippen LogP contribution in [0.15, 0.2) is 69.7 Å². The fraction of sp³-hybridized carbons (Fsp3) is 0.0526. The quantitative estimate of drug-likeness (QED) is 0.428. The average molecular weight is 462 g/mol. The summed E-state index contributed by atoms with van der Waals surface area (Å²) in [6, 6.07) is 14.1. The molecule has 0 aliphatic heterocycles. The van der Waals surface area contributed by atoms with Crippen molar-refractivity contribution < 1.29 is 18.4 Å². The number of halogens is 1. The molecule has 2 amide bonds. The summed E-state index contributed by atoms with van der Waals surface area (Å²) in [6.45, 7) is 0.380. The van der Waals surface area contributed by atoms with Gasteiger partial charge in [0, 0.05) is 18.3 Å². The van der Waals surface area contributed by atoms with Crippen LogP contribution in [0.3, 0.4) is 0 Å². The van der Waals surface area contributed by atoms with E-state index in [-0.39, 0.29) is 17.6 Å². The second-order valence-corrected chi connectivity index (χ2v) is 6.38. The van der Waals surface area contributed by atoms with Crippen molar-refractivity contribution in [2.45, 2.75) is 6.54 Å². The van der Waals surface area contributed by atoms with Gasteiger partial charge in [-0.3, -0.25) is 9.59 Å². The maximum absolute atomic E-state index is 11.9. The Morgan fingerprint density at radius 2 is 1.88 bits per heavy atom. The Morgan fingerprint density at radius 3 is 2.54 bits per heavy atom. The van der Waals surface area contributed by atoms with Gasteiger partial charge >= 0.3 is 0 Å². The molecule has 0 aliphatic carbocycles. The molecule has 0 atom stereocenters. The molecule has 7 heteroatoms. The number of hydrogen-bond acceptors (Lipinski definition) is 4. The normalized spacial score (nSPS) is 10.8. The van der Waals surface area contributed by atoms with Gasteiger partial charge in [-0.25, -0.2) is 0 Å². The number of rotatable bonds is 6. The van der Waals surface area contributed by atoms with E-state index < -0.39 is 0 Å². The maximum Gasteiger partial charge on any atom is 0.291 e. The maximum atomic E-state index is 11.9. The van der Waals surface area contributed by atoms with E-state index in [2.05, 4.69) is 33.2 Å². The minimum atomic E-state index is -0.311. The molecular formula is C19H15IN2O4. The molecule has 0 bridgehead atoms. The van der Waals surface area contributed by atoms with Crippen LogP contribution >= 0.6 is 22.6 Å². The molecule has 1 aromatic carbocycles. The molecule has 0 unspecified atom stereocenters. The number of carbonyl (C=O) groups is 2. The zero-order chi connectivity index (χ0) is 18.4. The van der Waals surface area contributed by atoms with Crippen LogP contribution in [0.5, 0.6) is 0 Å². The standard InChI is InChI=1S/C19H15IN2O4/c20-17-9-7-15(26-17)8-10-18(23)21-12-13-3-5-14(6-4-13)22-19(24)16-2-1-11-25-16/h1-11H,12H2,(H,21,23)(H,22,24)/b10-8+. The van der Waals surface area contributed by atoms with Gasteiger partial charge in [0.25, 0.3) is 5.91 Å². The fourth-order valence-corrected chi connectivity index (χ4v) is 2.56. The first-order valence-electron chi connectivity index (χ1n) is 7.75. The molecule has 0 radical (unpaired) electrons. The summed E-state index contributed by atoms with van der Waals surface area (Å²) < 4.78 is 11.2. The molecule has 6 nitrogen and oxygen atoms in total. The van der Waals surface area contributed by atoms with Crippen molar-refractivity contribution in [2.24, 2.45) is 0 Å². The Kier molecular flexibility index (Phi) is 5.90. The van der Waals surface area contributed by atoms with Crippen LogP contribution < -0.4 is 10.6 Å². The molecule has 132 valence electrons. The number of amides is 2. The van der Waals surface area contributed by atoms with Gasteiger partial charge in [-0.15, -0.1) is 0 Å². The number of benzene rings is 1. The van der Waals surface area contributed by atoms with Gasteiger partial charge in [0.05, 0.1) is 6.26 Å². The zero-order valence-corrected chi connectivity index (χ0v) is 15.7. The van der Waals surface area contributed by atoms with Crippen molar-refractivity contribution >= 4 is 46.2 Å². The molecule has 2 heterocycles. The molecule has 3 aromatic rings. The number of furan rings is 2. The molecule has 0 saturated heterocycles. The third-order valence-corrected chi connectivity index (χ3v) is 4.00. The summed E-state index contributed by atoms with van der Waals surface area (Å²) >= 11 is 2.06.